The van der Waals surface area contributed by atoms with Gasteiger partial charge in [0.05, 0.1) is 13.2 Å². The molecule has 0 aliphatic carbocycles. The molecule has 144 valence electrons. The number of hydrogen-bond acceptors (Lipinski definition) is 5. The summed E-state index contributed by atoms with van der Waals surface area (Å²) in [5.74, 6) is -1.50. The maximum Gasteiger partial charge on any atom is 0.328 e. The monoisotopic (exact) mass is 363 g/mol. The number of carbonyl (C=O) groups excluding carboxylic acids is 3. The fourth-order valence-electron chi connectivity index (χ4n) is 2.43. The van der Waals surface area contributed by atoms with Gasteiger partial charge in [0.25, 0.3) is 0 Å². The van der Waals surface area contributed by atoms with Crippen molar-refractivity contribution in [3.8, 4) is 0 Å². The van der Waals surface area contributed by atoms with Gasteiger partial charge in [0.1, 0.15) is 12.1 Å². The Morgan fingerprint density at radius 2 is 1.69 bits per heavy atom. The summed E-state index contributed by atoms with van der Waals surface area (Å²) in [7, 11) is 1.27. The topological polar surface area (TPSA) is 111 Å². The van der Waals surface area contributed by atoms with E-state index in [0.717, 1.165) is 5.56 Å². The van der Waals surface area contributed by atoms with Crippen LogP contribution in [0.25, 0.3) is 0 Å². The molecule has 0 bridgehead atoms. The van der Waals surface area contributed by atoms with Crippen molar-refractivity contribution in [2.75, 3.05) is 7.11 Å². The van der Waals surface area contributed by atoms with Gasteiger partial charge in [-0.3, -0.25) is 9.59 Å². The molecule has 2 amide bonds. The second-order valence-corrected chi connectivity index (χ2v) is 6.43. The predicted molar refractivity (Wildman–Crippen MR) is 99.1 cm³/mol. The lowest BCUT2D eigenvalue weighted by Crippen LogP contribution is -2.56. The van der Waals surface area contributed by atoms with E-state index < -0.39 is 35.9 Å². The second kappa shape index (κ2) is 10.6. The molecule has 0 spiro atoms. The number of benzene rings is 1. The molecule has 26 heavy (non-hydrogen) atoms. The molecule has 0 aromatic heterocycles. The maximum absolute atomic E-state index is 12.7. The van der Waals surface area contributed by atoms with Crippen molar-refractivity contribution in [3.63, 3.8) is 0 Å². The Morgan fingerprint density at radius 1 is 1.08 bits per heavy atom. The van der Waals surface area contributed by atoms with Gasteiger partial charge in [-0.05, 0) is 18.4 Å². The first-order chi connectivity index (χ1) is 12.3. The number of carbonyl (C=O) groups is 3. The molecule has 0 unspecified atom stereocenters. The summed E-state index contributed by atoms with van der Waals surface area (Å²) in [4.78, 5) is 36.8. The SMILES string of the molecule is CC[C@H](C)[C@H](NC(=O)[C@H](C)N)C(=O)N[C@@H](Cc1ccccc1)C(=O)OC. The lowest BCUT2D eigenvalue weighted by molar-refractivity contribution is -0.145. The van der Waals surface area contributed by atoms with Gasteiger partial charge in [-0.15, -0.1) is 0 Å². The third-order valence-electron chi connectivity index (χ3n) is 4.29. The van der Waals surface area contributed by atoms with Crippen LogP contribution in [0.3, 0.4) is 0 Å². The molecule has 1 rings (SSSR count). The molecule has 0 heterocycles. The largest absolute Gasteiger partial charge is 0.467 e. The van der Waals surface area contributed by atoms with Crippen LogP contribution in [0.4, 0.5) is 0 Å². The van der Waals surface area contributed by atoms with Crippen molar-refractivity contribution < 1.29 is 19.1 Å². The van der Waals surface area contributed by atoms with Gasteiger partial charge in [-0.25, -0.2) is 4.79 Å². The van der Waals surface area contributed by atoms with E-state index in [2.05, 4.69) is 10.6 Å². The van der Waals surface area contributed by atoms with E-state index in [9.17, 15) is 14.4 Å². The van der Waals surface area contributed by atoms with Gasteiger partial charge in [0.15, 0.2) is 0 Å². The highest BCUT2D eigenvalue weighted by atomic mass is 16.5. The van der Waals surface area contributed by atoms with Crippen LogP contribution < -0.4 is 16.4 Å². The van der Waals surface area contributed by atoms with Crippen LogP contribution in [0, 0.1) is 5.92 Å². The zero-order valence-corrected chi connectivity index (χ0v) is 15.8. The van der Waals surface area contributed by atoms with Gasteiger partial charge in [-0.2, -0.15) is 0 Å². The number of methoxy groups -OCH3 is 1. The zero-order chi connectivity index (χ0) is 19.7. The summed E-state index contributed by atoms with van der Waals surface area (Å²) < 4.78 is 4.81. The van der Waals surface area contributed by atoms with Crippen LogP contribution in [0.2, 0.25) is 0 Å². The van der Waals surface area contributed by atoms with E-state index in [1.54, 1.807) is 6.92 Å². The molecule has 0 radical (unpaired) electrons. The summed E-state index contributed by atoms with van der Waals surface area (Å²) >= 11 is 0. The van der Waals surface area contributed by atoms with Crippen LogP contribution in [-0.4, -0.2) is 43.0 Å². The third kappa shape index (κ3) is 6.48. The van der Waals surface area contributed by atoms with Crippen LogP contribution >= 0.6 is 0 Å². The van der Waals surface area contributed by atoms with Crippen LogP contribution in [0.5, 0.6) is 0 Å². The molecule has 0 saturated carbocycles. The van der Waals surface area contributed by atoms with E-state index in [0.29, 0.717) is 12.8 Å². The molecule has 4 atom stereocenters. The molecule has 4 N–H and O–H groups in total. The average Bonchev–Trinajstić information content (AvgIpc) is 2.64. The number of amides is 2. The Bertz CT molecular complexity index is 604. The van der Waals surface area contributed by atoms with E-state index >= 15 is 0 Å². The zero-order valence-electron chi connectivity index (χ0n) is 15.8. The lowest BCUT2D eigenvalue weighted by atomic mass is 9.97. The molecule has 1 aromatic carbocycles. The number of rotatable bonds is 9. The number of nitrogens with one attached hydrogen (secondary N) is 2. The predicted octanol–water partition coefficient (Wildman–Crippen LogP) is 0.765. The van der Waals surface area contributed by atoms with Crippen molar-refractivity contribution in [2.24, 2.45) is 11.7 Å². The number of nitrogens with two attached hydrogens (primary N) is 1. The molecular formula is C19H29N3O4. The van der Waals surface area contributed by atoms with E-state index in [1.165, 1.54) is 7.11 Å². The normalized spacial score (nSPS) is 15.3. The first kappa shape index (κ1) is 21.6. The van der Waals surface area contributed by atoms with E-state index in [1.807, 2.05) is 44.2 Å². The van der Waals surface area contributed by atoms with Gasteiger partial charge in [0.2, 0.25) is 11.8 Å². The summed E-state index contributed by atoms with van der Waals surface area (Å²) in [5.41, 5.74) is 6.47. The van der Waals surface area contributed by atoms with Crippen LogP contribution in [0.1, 0.15) is 32.8 Å². The van der Waals surface area contributed by atoms with Crippen molar-refractivity contribution in [1.82, 2.24) is 10.6 Å². The highest BCUT2D eigenvalue weighted by molar-refractivity contribution is 5.92. The molecule has 0 aliphatic rings. The number of ether oxygens (including phenoxy) is 1. The summed E-state index contributed by atoms with van der Waals surface area (Å²) in [6.45, 7) is 5.33. The summed E-state index contributed by atoms with van der Waals surface area (Å²) in [6, 6.07) is 6.98. The Morgan fingerprint density at radius 3 is 2.19 bits per heavy atom. The van der Waals surface area contributed by atoms with Gasteiger partial charge >= 0.3 is 5.97 Å². The average molecular weight is 363 g/mol. The molecule has 0 aliphatic heterocycles. The van der Waals surface area contributed by atoms with Crippen molar-refractivity contribution in [2.45, 2.75) is 51.7 Å². The highest BCUT2D eigenvalue weighted by Gasteiger charge is 2.30. The number of esters is 1. The Hall–Kier alpha value is -2.41. The van der Waals surface area contributed by atoms with Gasteiger partial charge < -0.3 is 21.1 Å². The van der Waals surface area contributed by atoms with E-state index in [4.69, 9.17) is 10.5 Å². The minimum absolute atomic E-state index is 0.118. The Labute approximate surface area is 154 Å². The fraction of sp³-hybridized carbons (Fsp3) is 0.526. The minimum Gasteiger partial charge on any atom is -0.467 e. The van der Waals surface area contributed by atoms with E-state index in [-0.39, 0.29) is 5.92 Å². The molecule has 0 saturated heterocycles. The van der Waals surface area contributed by atoms with Crippen molar-refractivity contribution in [1.29, 1.82) is 0 Å². The summed E-state index contributed by atoms with van der Waals surface area (Å²) in [5, 5.41) is 5.37. The Kier molecular flexibility index (Phi) is 8.78. The fourth-order valence-corrected chi connectivity index (χ4v) is 2.43. The second-order valence-electron chi connectivity index (χ2n) is 6.43. The highest BCUT2D eigenvalue weighted by Crippen LogP contribution is 2.10. The molecule has 0 fully saturated rings. The number of hydrogen-bond donors (Lipinski definition) is 3. The summed E-state index contributed by atoms with van der Waals surface area (Å²) in [6.07, 6.45) is 0.979. The first-order valence-electron chi connectivity index (χ1n) is 8.78. The minimum atomic E-state index is -0.839. The van der Waals surface area contributed by atoms with Gasteiger partial charge in [0, 0.05) is 6.42 Å². The van der Waals surface area contributed by atoms with Crippen LogP contribution in [-0.2, 0) is 25.5 Å². The van der Waals surface area contributed by atoms with Crippen molar-refractivity contribution >= 4 is 17.8 Å². The molecular weight excluding hydrogens is 334 g/mol. The maximum atomic E-state index is 12.7. The van der Waals surface area contributed by atoms with Crippen LogP contribution in [0.15, 0.2) is 30.3 Å². The quantitative estimate of drug-likeness (QED) is 0.561. The standard InChI is InChI=1S/C19H29N3O4/c1-5-12(2)16(22-17(23)13(3)20)18(24)21-15(19(25)26-4)11-14-9-7-6-8-10-14/h6-10,12-13,15-16H,5,11,20H2,1-4H3,(H,21,24)(H,22,23)/t12-,13-,15-,16-/m0/s1. The Balaban J connectivity index is 2.92. The van der Waals surface area contributed by atoms with Crippen molar-refractivity contribution in [3.05, 3.63) is 35.9 Å². The third-order valence-corrected chi connectivity index (χ3v) is 4.29. The smallest absolute Gasteiger partial charge is 0.328 e. The van der Waals surface area contributed by atoms with Gasteiger partial charge in [-0.1, -0.05) is 50.6 Å². The lowest BCUT2D eigenvalue weighted by Gasteiger charge is -2.26. The molecule has 7 nitrogen and oxygen atoms in total. The first-order valence-corrected chi connectivity index (χ1v) is 8.78. The molecule has 7 heteroatoms. The molecule has 1 aromatic rings.